The molecule has 0 heterocycles. The van der Waals surface area contributed by atoms with E-state index in [1.54, 1.807) is 0 Å². The van der Waals surface area contributed by atoms with Crippen LogP contribution in [-0.2, 0) is 0 Å². The molecule has 0 heteroatoms. The predicted octanol–water partition coefficient (Wildman–Crippen LogP) is 7.47. The standard InChI is InChI=1S/C22H32/c1-3-5-6-7-8-9-10-13-19(4-2)22-17-16-20-14-11-12-15-21(20)18-22/h11-12,14-19H,3-10,13H2,1-2H3. The topological polar surface area (TPSA) is 0 Å². The third-order valence-electron chi connectivity index (χ3n) is 4.89. The van der Waals surface area contributed by atoms with E-state index < -0.39 is 0 Å². The summed E-state index contributed by atoms with van der Waals surface area (Å²) in [5.74, 6) is 0.736. The molecule has 2 aromatic carbocycles. The zero-order chi connectivity index (χ0) is 15.6. The summed E-state index contributed by atoms with van der Waals surface area (Å²) >= 11 is 0. The Morgan fingerprint density at radius 1 is 0.727 bits per heavy atom. The minimum atomic E-state index is 0.736. The maximum atomic E-state index is 2.41. The van der Waals surface area contributed by atoms with Gasteiger partial charge in [0.1, 0.15) is 0 Å². The summed E-state index contributed by atoms with van der Waals surface area (Å²) in [5.41, 5.74) is 1.53. The fourth-order valence-corrected chi connectivity index (χ4v) is 3.42. The van der Waals surface area contributed by atoms with Gasteiger partial charge in [0.15, 0.2) is 0 Å². The van der Waals surface area contributed by atoms with E-state index in [0.717, 1.165) is 5.92 Å². The minimum absolute atomic E-state index is 0.736. The quantitative estimate of drug-likeness (QED) is 0.399. The molecule has 22 heavy (non-hydrogen) atoms. The van der Waals surface area contributed by atoms with Crippen molar-refractivity contribution >= 4 is 10.8 Å². The molecule has 0 saturated carbocycles. The van der Waals surface area contributed by atoms with Crippen molar-refractivity contribution in [2.45, 2.75) is 77.6 Å². The van der Waals surface area contributed by atoms with Crippen molar-refractivity contribution in [3.05, 3.63) is 48.0 Å². The van der Waals surface area contributed by atoms with E-state index in [2.05, 4.69) is 56.3 Å². The largest absolute Gasteiger partial charge is 0.0654 e. The van der Waals surface area contributed by atoms with Crippen molar-refractivity contribution in [3.63, 3.8) is 0 Å². The molecule has 1 unspecified atom stereocenters. The molecule has 0 N–H and O–H groups in total. The average Bonchev–Trinajstić information content (AvgIpc) is 2.57. The van der Waals surface area contributed by atoms with Crippen molar-refractivity contribution in [3.8, 4) is 0 Å². The summed E-state index contributed by atoms with van der Waals surface area (Å²) in [6.07, 6.45) is 12.4. The Hall–Kier alpha value is -1.30. The number of fused-ring (bicyclic) bond motifs is 1. The highest BCUT2D eigenvalue weighted by molar-refractivity contribution is 5.83. The SMILES string of the molecule is CCCCCCCCCC(CC)c1ccc2ccccc2c1. The second kappa shape index (κ2) is 9.66. The third kappa shape index (κ3) is 5.16. The van der Waals surface area contributed by atoms with E-state index in [4.69, 9.17) is 0 Å². The van der Waals surface area contributed by atoms with Crippen LogP contribution >= 0.6 is 0 Å². The van der Waals surface area contributed by atoms with E-state index in [1.165, 1.54) is 74.1 Å². The summed E-state index contributed by atoms with van der Waals surface area (Å²) in [4.78, 5) is 0. The lowest BCUT2D eigenvalue weighted by Crippen LogP contribution is -1.97. The molecule has 2 rings (SSSR count). The number of unbranched alkanes of at least 4 members (excludes halogenated alkanes) is 6. The Balaban J connectivity index is 1.82. The molecule has 1 atom stereocenters. The van der Waals surface area contributed by atoms with Gasteiger partial charge < -0.3 is 0 Å². The van der Waals surface area contributed by atoms with Crippen LogP contribution in [0, 0.1) is 0 Å². The van der Waals surface area contributed by atoms with Gasteiger partial charge in [-0.25, -0.2) is 0 Å². The highest BCUT2D eigenvalue weighted by Gasteiger charge is 2.09. The summed E-state index contributed by atoms with van der Waals surface area (Å²) in [6.45, 7) is 4.62. The smallest absolute Gasteiger partial charge is 0.0164 e. The van der Waals surface area contributed by atoms with Crippen LogP contribution in [0.25, 0.3) is 10.8 Å². The molecule has 2 aromatic rings. The molecule has 120 valence electrons. The number of benzene rings is 2. The summed E-state index contributed by atoms with van der Waals surface area (Å²) in [7, 11) is 0. The highest BCUT2D eigenvalue weighted by atomic mass is 14.1. The lowest BCUT2D eigenvalue weighted by molar-refractivity contribution is 0.525. The maximum Gasteiger partial charge on any atom is -0.0164 e. The van der Waals surface area contributed by atoms with Crippen molar-refractivity contribution < 1.29 is 0 Å². The Morgan fingerprint density at radius 2 is 1.41 bits per heavy atom. The monoisotopic (exact) mass is 296 g/mol. The van der Waals surface area contributed by atoms with Crippen molar-refractivity contribution in [1.29, 1.82) is 0 Å². The van der Waals surface area contributed by atoms with E-state index in [1.807, 2.05) is 0 Å². The van der Waals surface area contributed by atoms with Crippen LogP contribution in [0.15, 0.2) is 42.5 Å². The number of hydrogen-bond donors (Lipinski definition) is 0. The van der Waals surface area contributed by atoms with Crippen LogP contribution in [0.5, 0.6) is 0 Å². The molecule has 0 amide bonds. The first kappa shape index (κ1) is 17.1. The van der Waals surface area contributed by atoms with Gasteiger partial charge in [0.05, 0.1) is 0 Å². The van der Waals surface area contributed by atoms with Gasteiger partial charge in [-0.2, -0.15) is 0 Å². The number of hydrogen-bond acceptors (Lipinski definition) is 0. The summed E-state index contributed by atoms with van der Waals surface area (Å²) in [5, 5.41) is 2.75. The van der Waals surface area contributed by atoms with Crippen molar-refractivity contribution in [2.24, 2.45) is 0 Å². The molecule has 0 nitrogen and oxygen atoms in total. The average molecular weight is 296 g/mol. The zero-order valence-electron chi connectivity index (χ0n) is 14.5. The van der Waals surface area contributed by atoms with Crippen molar-refractivity contribution in [2.75, 3.05) is 0 Å². The van der Waals surface area contributed by atoms with Crippen LogP contribution in [0.2, 0.25) is 0 Å². The van der Waals surface area contributed by atoms with Crippen LogP contribution in [0.1, 0.15) is 83.1 Å². The van der Waals surface area contributed by atoms with Crippen LogP contribution < -0.4 is 0 Å². The van der Waals surface area contributed by atoms with Gasteiger partial charge >= 0.3 is 0 Å². The summed E-state index contributed by atoms with van der Waals surface area (Å²) < 4.78 is 0. The zero-order valence-corrected chi connectivity index (χ0v) is 14.5. The lowest BCUT2D eigenvalue weighted by Gasteiger charge is -2.16. The van der Waals surface area contributed by atoms with Gasteiger partial charge in [0.2, 0.25) is 0 Å². The molecule has 0 aromatic heterocycles. The van der Waals surface area contributed by atoms with Crippen molar-refractivity contribution in [1.82, 2.24) is 0 Å². The summed E-state index contributed by atoms with van der Waals surface area (Å²) in [6, 6.07) is 15.7. The first-order valence-electron chi connectivity index (χ1n) is 9.33. The predicted molar refractivity (Wildman–Crippen MR) is 99.6 cm³/mol. The third-order valence-corrected chi connectivity index (χ3v) is 4.89. The molecule has 0 radical (unpaired) electrons. The van der Waals surface area contributed by atoms with E-state index in [0.29, 0.717) is 0 Å². The van der Waals surface area contributed by atoms with Gasteiger partial charge in [0, 0.05) is 0 Å². The van der Waals surface area contributed by atoms with Crippen LogP contribution in [0.4, 0.5) is 0 Å². The fourth-order valence-electron chi connectivity index (χ4n) is 3.42. The molecule has 0 bridgehead atoms. The highest BCUT2D eigenvalue weighted by Crippen LogP contribution is 2.28. The normalized spacial score (nSPS) is 12.6. The molecular formula is C22H32. The van der Waals surface area contributed by atoms with Crippen LogP contribution in [-0.4, -0.2) is 0 Å². The Morgan fingerprint density at radius 3 is 2.14 bits per heavy atom. The van der Waals surface area contributed by atoms with E-state index >= 15 is 0 Å². The number of rotatable bonds is 10. The minimum Gasteiger partial charge on any atom is -0.0654 e. The molecular weight excluding hydrogens is 264 g/mol. The first-order chi connectivity index (χ1) is 10.8. The maximum absolute atomic E-state index is 2.41. The molecule has 0 aliphatic heterocycles. The first-order valence-corrected chi connectivity index (χ1v) is 9.33. The molecule has 0 aliphatic carbocycles. The second-order valence-electron chi connectivity index (χ2n) is 6.62. The lowest BCUT2D eigenvalue weighted by atomic mass is 9.89. The van der Waals surface area contributed by atoms with E-state index in [9.17, 15) is 0 Å². The molecule has 0 aliphatic rings. The molecule has 0 saturated heterocycles. The Labute approximate surface area is 136 Å². The van der Waals surface area contributed by atoms with Gasteiger partial charge in [-0.05, 0) is 35.1 Å². The second-order valence-corrected chi connectivity index (χ2v) is 6.62. The van der Waals surface area contributed by atoms with Gasteiger partial charge in [0.25, 0.3) is 0 Å². The van der Waals surface area contributed by atoms with E-state index in [-0.39, 0.29) is 0 Å². The Bertz CT molecular complexity index is 540. The van der Waals surface area contributed by atoms with Gasteiger partial charge in [-0.3, -0.25) is 0 Å². The molecule has 0 spiro atoms. The van der Waals surface area contributed by atoms with Gasteiger partial charge in [-0.15, -0.1) is 0 Å². The Kier molecular flexibility index (Phi) is 7.49. The fraction of sp³-hybridized carbons (Fsp3) is 0.545. The van der Waals surface area contributed by atoms with Crippen LogP contribution in [0.3, 0.4) is 0 Å². The van der Waals surface area contributed by atoms with Gasteiger partial charge in [-0.1, -0.05) is 101 Å². The molecule has 0 fully saturated rings.